The lowest BCUT2D eigenvalue weighted by molar-refractivity contribution is 0.596. The number of nitrogens with two attached hydrogens (primary N) is 1. The fourth-order valence-corrected chi connectivity index (χ4v) is 1.96. The molecule has 11 heavy (non-hydrogen) atoms. The first-order valence-corrected chi connectivity index (χ1v) is 5.48. The number of aromatic nitrogens is 1. The SMILES string of the molecule is Cc1nc(CS(N)(=O)=O)cs1. The van der Waals surface area contributed by atoms with Crippen molar-refractivity contribution < 1.29 is 8.42 Å². The zero-order chi connectivity index (χ0) is 8.48. The number of thiazole rings is 1. The smallest absolute Gasteiger partial charge is 0.214 e. The Morgan fingerprint density at radius 1 is 1.73 bits per heavy atom. The van der Waals surface area contributed by atoms with Gasteiger partial charge in [0.25, 0.3) is 0 Å². The largest absolute Gasteiger partial charge is 0.245 e. The number of hydrogen-bond donors (Lipinski definition) is 1. The molecule has 1 heterocycles. The third-order valence-electron chi connectivity index (χ3n) is 1.02. The first-order chi connectivity index (χ1) is 4.97. The Labute approximate surface area is 69.1 Å². The summed E-state index contributed by atoms with van der Waals surface area (Å²) >= 11 is 1.41. The summed E-state index contributed by atoms with van der Waals surface area (Å²) in [5, 5.41) is 7.36. The lowest BCUT2D eigenvalue weighted by Crippen LogP contribution is -2.14. The van der Waals surface area contributed by atoms with Gasteiger partial charge in [-0.15, -0.1) is 11.3 Å². The molecule has 62 valence electrons. The fourth-order valence-electron chi connectivity index (χ4n) is 0.681. The molecule has 6 heteroatoms. The highest BCUT2D eigenvalue weighted by molar-refractivity contribution is 7.88. The van der Waals surface area contributed by atoms with Crippen molar-refractivity contribution in [1.82, 2.24) is 4.98 Å². The number of nitrogens with zero attached hydrogens (tertiary/aromatic N) is 1. The summed E-state index contributed by atoms with van der Waals surface area (Å²) in [5.41, 5.74) is 0.523. The van der Waals surface area contributed by atoms with Crippen LogP contribution in [0.25, 0.3) is 0 Å². The first-order valence-electron chi connectivity index (χ1n) is 2.89. The third-order valence-corrected chi connectivity index (χ3v) is 2.54. The number of aryl methyl sites for hydroxylation is 1. The summed E-state index contributed by atoms with van der Waals surface area (Å²) in [6, 6.07) is 0. The van der Waals surface area contributed by atoms with Crippen molar-refractivity contribution in [2.75, 3.05) is 0 Å². The molecular weight excluding hydrogens is 184 g/mol. The summed E-state index contributed by atoms with van der Waals surface area (Å²) in [5.74, 6) is -0.169. The minimum Gasteiger partial charge on any atom is -0.245 e. The third kappa shape index (κ3) is 2.96. The molecule has 0 amide bonds. The van der Waals surface area contributed by atoms with Gasteiger partial charge < -0.3 is 0 Å². The molecule has 1 aromatic rings. The van der Waals surface area contributed by atoms with Crippen LogP contribution in [-0.2, 0) is 15.8 Å². The van der Waals surface area contributed by atoms with Crippen LogP contribution < -0.4 is 5.14 Å². The minimum absolute atomic E-state index is 0.169. The Morgan fingerprint density at radius 2 is 2.36 bits per heavy atom. The van der Waals surface area contributed by atoms with Gasteiger partial charge in [-0.1, -0.05) is 0 Å². The van der Waals surface area contributed by atoms with E-state index in [1.807, 2.05) is 6.92 Å². The molecule has 0 bridgehead atoms. The number of rotatable bonds is 2. The van der Waals surface area contributed by atoms with Gasteiger partial charge in [-0.05, 0) is 6.92 Å². The maximum absolute atomic E-state index is 10.6. The van der Waals surface area contributed by atoms with Gasteiger partial charge in [0.15, 0.2) is 0 Å². The number of hydrogen-bond acceptors (Lipinski definition) is 4. The topological polar surface area (TPSA) is 73.0 Å². The lowest BCUT2D eigenvalue weighted by atomic mass is 10.6. The predicted octanol–water partition coefficient (Wildman–Crippen LogP) is 0.240. The summed E-state index contributed by atoms with van der Waals surface area (Å²) in [4.78, 5) is 3.96. The van der Waals surface area contributed by atoms with Crippen molar-refractivity contribution in [2.24, 2.45) is 5.14 Å². The Morgan fingerprint density at radius 3 is 2.73 bits per heavy atom. The van der Waals surface area contributed by atoms with Crippen molar-refractivity contribution in [3.05, 3.63) is 16.1 Å². The molecule has 0 saturated carbocycles. The monoisotopic (exact) mass is 192 g/mol. The van der Waals surface area contributed by atoms with Crippen LogP contribution in [0.1, 0.15) is 10.7 Å². The van der Waals surface area contributed by atoms with Crippen LogP contribution in [0.5, 0.6) is 0 Å². The van der Waals surface area contributed by atoms with Crippen LogP contribution in [0, 0.1) is 6.92 Å². The Hall–Kier alpha value is -0.460. The highest BCUT2D eigenvalue weighted by Crippen LogP contribution is 2.09. The van der Waals surface area contributed by atoms with Gasteiger partial charge in [0.1, 0.15) is 5.75 Å². The molecular formula is C5H8N2O2S2. The quantitative estimate of drug-likeness (QED) is 0.729. The van der Waals surface area contributed by atoms with Crippen LogP contribution in [0.3, 0.4) is 0 Å². The van der Waals surface area contributed by atoms with E-state index >= 15 is 0 Å². The van der Waals surface area contributed by atoms with Gasteiger partial charge >= 0.3 is 0 Å². The standard InChI is InChI=1S/C5H8N2O2S2/c1-4-7-5(2-10-4)3-11(6,8)9/h2H,3H2,1H3,(H2,6,8,9). The van der Waals surface area contributed by atoms with Crippen LogP contribution in [0.15, 0.2) is 5.38 Å². The second-order valence-electron chi connectivity index (χ2n) is 2.17. The molecule has 0 radical (unpaired) electrons. The van der Waals surface area contributed by atoms with Crippen LogP contribution in [-0.4, -0.2) is 13.4 Å². The van der Waals surface area contributed by atoms with Crippen LogP contribution in [0.2, 0.25) is 0 Å². The Balaban J connectivity index is 2.81. The molecule has 0 fully saturated rings. The minimum atomic E-state index is -3.42. The fraction of sp³-hybridized carbons (Fsp3) is 0.400. The maximum Gasteiger partial charge on any atom is 0.214 e. The molecule has 0 aromatic carbocycles. The van der Waals surface area contributed by atoms with Gasteiger partial charge in [-0.2, -0.15) is 0 Å². The van der Waals surface area contributed by atoms with Gasteiger partial charge in [0, 0.05) is 5.38 Å². The van der Waals surface area contributed by atoms with Crippen molar-refractivity contribution >= 4 is 21.4 Å². The molecule has 0 saturated heterocycles. The van der Waals surface area contributed by atoms with Gasteiger partial charge in [-0.25, -0.2) is 18.5 Å². The second kappa shape index (κ2) is 2.88. The summed E-state index contributed by atoms with van der Waals surface area (Å²) in [6.45, 7) is 1.82. The maximum atomic E-state index is 10.6. The predicted molar refractivity (Wildman–Crippen MR) is 43.7 cm³/mol. The van der Waals surface area contributed by atoms with E-state index in [1.54, 1.807) is 5.38 Å². The van der Waals surface area contributed by atoms with E-state index in [1.165, 1.54) is 11.3 Å². The van der Waals surface area contributed by atoms with Crippen LogP contribution in [0.4, 0.5) is 0 Å². The molecule has 0 aliphatic rings. The lowest BCUT2D eigenvalue weighted by Gasteiger charge is -1.90. The van der Waals surface area contributed by atoms with E-state index < -0.39 is 10.0 Å². The summed E-state index contributed by atoms with van der Waals surface area (Å²) < 4.78 is 21.1. The van der Waals surface area contributed by atoms with Crippen molar-refractivity contribution in [3.8, 4) is 0 Å². The second-order valence-corrected chi connectivity index (χ2v) is 4.84. The van der Waals surface area contributed by atoms with Crippen molar-refractivity contribution in [1.29, 1.82) is 0 Å². The molecule has 0 spiro atoms. The zero-order valence-electron chi connectivity index (χ0n) is 5.94. The van der Waals surface area contributed by atoms with Crippen molar-refractivity contribution in [3.63, 3.8) is 0 Å². The molecule has 0 atom stereocenters. The Bertz CT molecular complexity index is 341. The molecule has 0 unspecified atom stereocenters. The molecule has 1 rings (SSSR count). The van der Waals surface area contributed by atoms with E-state index in [2.05, 4.69) is 4.98 Å². The number of primary sulfonamides is 1. The van der Waals surface area contributed by atoms with E-state index in [0.29, 0.717) is 5.69 Å². The van der Waals surface area contributed by atoms with Gasteiger partial charge in [0.05, 0.1) is 10.7 Å². The summed E-state index contributed by atoms with van der Waals surface area (Å²) in [6.07, 6.45) is 0. The normalized spacial score (nSPS) is 11.8. The van der Waals surface area contributed by atoms with E-state index in [4.69, 9.17) is 5.14 Å². The molecule has 0 aliphatic carbocycles. The molecule has 2 N–H and O–H groups in total. The molecule has 1 aromatic heterocycles. The zero-order valence-corrected chi connectivity index (χ0v) is 7.58. The molecule has 4 nitrogen and oxygen atoms in total. The molecule has 0 aliphatic heterocycles. The summed E-state index contributed by atoms with van der Waals surface area (Å²) in [7, 11) is -3.42. The van der Waals surface area contributed by atoms with E-state index in [0.717, 1.165) is 5.01 Å². The highest BCUT2D eigenvalue weighted by Gasteiger charge is 2.06. The van der Waals surface area contributed by atoms with Crippen LogP contribution >= 0.6 is 11.3 Å². The van der Waals surface area contributed by atoms with Crippen molar-refractivity contribution in [2.45, 2.75) is 12.7 Å². The van der Waals surface area contributed by atoms with E-state index in [9.17, 15) is 8.42 Å². The van der Waals surface area contributed by atoms with E-state index in [-0.39, 0.29) is 5.75 Å². The van der Waals surface area contributed by atoms with Gasteiger partial charge in [-0.3, -0.25) is 0 Å². The highest BCUT2D eigenvalue weighted by atomic mass is 32.2. The first kappa shape index (κ1) is 8.63. The average Bonchev–Trinajstić information content (AvgIpc) is 2.10. The number of sulfonamides is 1. The Kier molecular flexibility index (Phi) is 2.26. The van der Waals surface area contributed by atoms with Gasteiger partial charge in [0.2, 0.25) is 10.0 Å². The average molecular weight is 192 g/mol.